The van der Waals surface area contributed by atoms with Gasteiger partial charge in [-0.1, -0.05) is 72.3 Å². The van der Waals surface area contributed by atoms with Gasteiger partial charge >= 0.3 is 0 Å². The molecule has 0 aliphatic carbocycles. The SMILES string of the molecule is Clc1ccc2c3cccc4ccc5cc6ccccc6c(c2c1)c5c43. The van der Waals surface area contributed by atoms with Gasteiger partial charge in [-0.2, -0.15) is 0 Å². The maximum Gasteiger partial charge on any atom is 0.0412 e. The average Bonchev–Trinajstić information content (AvgIpc) is 2.65. The molecule has 116 valence electrons. The summed E-state index contributed by atoms with van der Waals surface area (Å²) in [6, 6.07) is 28.3. The first-order valence-electron chi connectivity index (χ1n) is 8.49. The Hall–Kier alpha value is -2.83. The summed E-state index contributed by atoms with van der Waals surface area (Å²) in [5.41, 5.74) is 0. The molecule has 0 unspecified atom stereocenters. The highest BCUT2D eigenvalue weighted by Gasteiger charge is 2.15. The molecule has 1 heteroatoms. The summed E-state index contributed by atoms with van der Waals surface area (Å²) in [4.78, 5) is 0. The Morgan fingerprint density at radius 1 is 0.440 bits per heavy atom. The molecule has 6 aromatic carbocycles. The maximum absolute atomic E-state index is 6.39. The van der Waals surface area contributed by atoms with Crippen LogP contribution in [0.2, 0.25) is 5.02 Å². The van der Waals surface area contributed by atoms with Gasteiger partial charge in [0, 0.05) is 5.02 Å². The molecule has 0 spiro atoms. The van der Waals surface area contributed by atoms with E-state index in [0.717, 1.165) is 5.02 Å². The lowest BCUT2D eigenvalue weighted by Crippen LogP contribution is -1.88. The van der Waals surface area contributed by atoms with Crippen molar-refractivity contribution >= 4 is 65.5 Å². The van der Waals surface area contributed by atoms with Gasteiger partial charge in [0.25, 0.3) is 0 Å². The largest absolute Gasteiger partial charge is 0.0843 e. The van der Waals surface area contributed by atoms with Crippen molar-refractivity contribution < 1.29 is 0 Å². The van der Waals surface area contributed by atoms with Crippen molar-refractivity contribution in [3.63, 3.8) is 0 Å². The fourth-order valence-electron chi connectivity index (χ4n) is 4.40. The van der Waals surface area contributed by atoms with Crippen LogP contribution in [-0.2, 0) is 0 Å². The standard InChI is InChI=1S/C24H13Cl/c25-17-10-11-19-20-7-3-5-14-8-9-16-12-15-4-1-2-6-18(15)24(21(19)13-17)23(16)22(14)20/h1-13H. The molecule has 25 heavy (non-hydrogen) atoms. The molecule has 0 heterocycles. The van der Waals surface area contributed by atoms with Crippen molar-refractivity contribution in [1.29, 1.82) is 0 Å². The van der Waals surface area contributed by atoms with Crippen LogP contribution in [0, 0.1) is 0 Å². The van der Waals surface area contributed by atoms with Crippen LogP contribution in [0.3, 0.4) is 0 Å². The Morgan fingerprint density at radius 3 is 2.20 bits per heavy atom. The van der Waals surface area contributed by atoms with Gasteiger partial charge < -0.3 is 0 Å². The van der Waals surface area contributed by atoms with E-state index in [9.17, 15) is 0 Å². The topological polar surface area (TPSA) is 0 Å². The molecule has 0 fully saturated rings. The van der Waals surface area contributed by atoms with Gasteiger partial charge in [-0.05, 0) is 72.1 Å². The van der Waals surface area contributed by atoms with Gasteiger partial charge in [-0.3, -0.25) is 0 Å². The first-order chi connectivity index (χ1) is 12.3. The number of hydrogen-bond acceptors (Lipinski definition) is 0. The van der Waals surface area contributed by atoms with E-state index < -0.39 is 0 Å². The highest BCUT2D eigenvalue weighted by molar-refractivity contribution is 6.40. The number of hydrogen-bond donors (Lipinski definition) is 0. The number of rotatable bonds is 0. The summed E-state index contributed by atoms with van der Waals surface area (Å²) in [6.07, 6.45) is 0. The summed E-state index contributed by atoms with van der Waals surface area (Å²) < 4.78 is 0. The molecule has 6 aromatic rings. The molecule has 0 aromatic heterocycles. The summed E-state index contributed by atoms with van der Waals surface area (Å²) in [6.45, 7) is 0. The van der Waals surface area contributed by atoms with E-state index in [2.05, 4.69) is 72.8 Å². The van der Waals surface area contributed by atoms with Crippen LogP contribution in [0.4, 0.5) is 0 Å². The van der Waals surface area contributed by atoms with E-state index in [1.165, 1.54) is 53.9 Å². The maximum atomic E-state index is 6.39. The number of benzene rings is 6. The van der Waals surface area contributed by atoms with Crippen molar-refractivity contribution in [2.75, 3.05) is 0 Å². The molecule has 0 aliphatic heterocycles. The normalized spacial score (nSPS) is 12.2. The minimum Gasteiger partial charge on any atom is -0.0843 e. The van der Waals surface area contributed by atoms with Gasteiger partial charge in [0.1, 0.15) is 0 Å². The molecular weight excluding hydrogens is 324 g/mol. The zero-order chi connectivity index (χ0) is 16.5. The zero-order valence-electron chi connectivity index (χ0n) is 13.4. The van der Waals surface area contributed by atoms with Crippen LogP contribution in [0.25, 0.3) is 53.9 Å². The minimum absolute atomic E-state index is 0.784. The van der Waals surface area contributed by atoms with Gasteiger partial charge in [0.05, 0.1) is 0 Å². The molecule has 0 bridgehead atoms. The Morgan fingerprint density at radius 2 is 1.24 bits per heavy atom. The van der Waals surface area contributed by atoms with Crippen molar-refractivity contribution in [2.24, 2.45) is 0 Å². The van der Waals surface area contributed by atoms with E-state index in [1.54, 1.807) is 0 Å². The summed E-state index contributed by atoms with van der Waals surface area (Å²) in [5.74, 6) is 0. The minimum atomic E-state index is 0.784. The lowest BCUT2D eigenvalue weighted by molar-refractivity contribution is 1.78. The van der Waals surface area contributed by atoms with Crippen molar-refractivity contribution in [2.45, 2.75) is 0 Å². The fourth-order valence-corrected chi connectivity index (χ4v) is 4.57. The molecule has 0 N–H and O–H groups in total. The molecular formula is C24H13Cl. The predicted molar refractivity (Wildman–Crippen MR) is 110 cm³/mol. The number of fused-ring (bicyclic) bond motifs is 5. The first kappa shape index (κ1) is 13.5. The molecule has 6 rings (SSSR count). The molecule has 0 saturated carbocycles. The molecule has 0 saturated heterocycles. The van der Waals surface area contributed by atoms with Crippen LogP contribution in [0.15, 0.2) is 78.9 Å². The second kappa shape index (κ2) is 4.62. The van der Waals surface area contributed by atoms with E-state index in [4.69, 9.17) is 11.6 Å². The van der Waals surface area contributed by atoms with Crippen LogP contribution < -0.4 is 0 Å². The van der Waals surface area contributed by atoms with E-state index in [1.807, 2.05) is 6.07 Å². The molecule has 0 atom stereocenters. The highest BCUT2D eigenvalue weighted by atomic mass is 35.5. The highest BCUT2D eigenvalue weighted by Crippen LogP contribution is 2.44. The summed E-state index contributed by atoms with van der Waals surface area (Å²) in [5, 5.41) is 13.8. The third-order valence-corrected chi connectivity index (χ3v) is 5.65. The Kier molecular flexibility index (Phi) is 2.49. The second-order valence-corrected chi connectivity index (χ2v) is 7.17. The van der Waals surface area contributed by atoms with Crippen LogP contribution >= 0.6 is 11.6 Å². The Balaban J connectivity index is 2.13. The van der Waals surface area contributed by atoms with Gasteiger partial charge in [-0.15, -0.1) is 0 Å². The van der Waals surface area contributed by atoms with Crippen molar-refractivity contribution in [1.82, 2.24) is 0 Å². The third kappa shape index (κ3) is 1.67. The van der Waals surface area contributed by atoms with Crippen molar-refractivity contribution in [3.05, 3.63) is 83.9 Å². The molecule has 0 radical (unpaired) electrons. The van der Waals surface area contributed by atoms with E-state index in [-0.39, 0.29) is 0 Å². The van der Waals surface area contributed by atoms with E-state index >= 15 is 0 Å². The molecule has 0 nitrogen and oxygen atoms in total. The first-order valence-corrected chi connectivity index (χ1v) is 8.86. The quantitative estimate of drug-likeness (QED) is 0.198. The van der Waals surface area contributed by atoms with Gasteiger partial charge in [-0.25, -0.2) is 0 Å². The monoisotopic (exact) mass is 336 g/mol. The Bertz CT molecular complexity index is 1440. The summed E-state index contributed by atoms with van der Waals surface area (Å²) >= 11 is 6.39. The van der Waals surface area contributed by atoms with Crippen LogP contribution in [0.1, 0.15) is 0 Å². The number of halogens is 1. The van der Waals surface area contributed by atoms with Gasteiger partial charge in [0.2, 0.25) is 0 Å². The summed E-state index contributed by atoms with van der Waals surface area (Å²) in [7, 11) is 0. The Labute approximate surface area is 149 Å². The smallest absolute Gasteiger partial charge is 0.0412 e. The predicted octanol–water partition coefficient (Wildman–Crippen LogP) is 7.54. The third-order valence-electron chi connectivity index (χ3n) is 5.41. The van der Waals surface area contributed by atoms with Crippen LogP contribution in [-0.4, -0.2) is 0 Å². The van der Waals surface area contributed by atoms with Crippen LogP contribution in [0.5, 0.6) is 0 Å². The molecule has 0 amide bonds. The lowest BCUT2D eigenvalue weighted by Gasteiger charge is -2.16. The van der Waals surface area contributed by atoms with Gasteiger partial charge in [0.15, 0.2) is 0 Å². The van der Waals surface area contributed by atoms with E-state index in [0.29, 0.717) is 0 Å². The zero-order valence-corrected chi connectivity index (χ0v) is 14.1. The molecule has 0 aliphatic rings. The second-order valence-electron chi connectivity index (χ2n) is 6.73. The lowest BCUT2D eigenvalue weighted by atomic mass is 9.87. The average molecular weight is 337 g/mol. The fraction of sp³-hybridized carbons (Fsp3) is 0. The van der Waals surface area contributed by atoms with Crippen molar-refractivity contribution in [3.8, 4) is 0 Å².